The van der Waals surface area contributed by atoms with Crippen molar-refractivity contribution in [2.45, 2.75) is 65.7 Å². The number of esters is 2. The zero-order chi connectivity index (χ0) is 30.5. The summed E-state index contributed by atoms with van der Waals surface area (Å²) >= 11 is 6.25. The van der Waals surface area contributed by atoms with Crippen LogP contribution in [0.2, 0.25) is 5.02 Å². The van der Waals surface area contributed by atoms with Gasteiger partial charge in [0.2, 0.25) is 0 Å². The highest BCUT2D eigenvalue weighted by Crippen LogP contribution is 2.33. The number of unbranched alkanes of at least 4 members (excludes halogenated alkanes) is 5. The summed E-state index contributed by atoms with van der Waals surface area (Å²) in [5, 5.41) is 11.8. The normalized spacial score (nSPS) is 11.5. The highest BCUT2D eigenvalue weighted by atomic mass is 35.5. The van der Waals surface area contributed by atoms with E-state index in [1.807, 2.05) is 13.8 Å². The fourth-order valence-electron chi connectivity index (χ4n) is 4.13. The van der Waals surface area contributed by atoms with Gasteiger partial charge in [-0.25, -0.2) is 9.59 Å². The van der Waals surface area contributed by atoms with E-state index in [1.54, 1.807) is 36.4 Å². The van der Waals surface area contributed by atoms with Crippen LogP contribution in [0, 0.1) is 16.0 Å². The van der Waals surface area contributed by atoms with Crippen LogP contribution >= 0.6 is 11.6 Å². The van der Waals surface area contributed by atoms with Gasteiger partial charge in [0.25, 0.3) is 0 Å². The van der Waals surface area contributed by atoms with Crippen LogP contribution in [-0.2, 0) is 4.74 Å². The van der Waals surface area contributed by atoms with Crippen molar-refractivity contribution >= 4 is 29.2 Å². The van der Waals surface area contributed by atoms with Gasteiger partial charge >= 0.3 is 17.6 Å². The lowest BCUT2D eigenvalue weighted by Crippen LogP contribution is -2.12. The predicted octanol–water partition coefficient (Wildman–Crippen LogP) is 9.08. The number of benzene rings is 3. The Balaban J connectivity index is 1.61. The SMILES string of the molecule is CCCCCCCCOc1ccc(-c2ccc(C(=O)Oc3ccc(C(=O)OCC(C)CC)c(Cl)c3)cc2)cc1[N+](=O)[O-]. The van der Waals surface area contributed by atoms with Crippen LogP contribution in [0.5, 0.6) is 11.5 Å². The molecule has 0 aliphatic heterocycles. The maximum Gasteiger partial charge on any atom is 0.343 e. The smallest absolute Gasteiger partial charge is 0.343 e. The molecule has 1 atom stereocenters. The molecule has 0 bridgehead atoms. The maximum atomic E-state index is 12.7. The van der Waals surface area contributed by atoms with Gasteiger partial charge < -0.3 is 14.2 Å². The van der Waals surface area contributed by atoms with Crippen LogP contribution in [0.1, 0.15) is 86.4 Å². The first kappa shape index (κ1) is 32.6. The molecule has 0 radical (unpaired) electrons. The van der Waals surface area contributed by atoms with Gasteiger partial charge in [-0.2, -0.15) is 0 Å². The Morgan fingerprint density at radius 2 is 1.57 bits per heavy atom. The molecule has 0 aromatic heterocycles. The lowest BCUT2D eigenvalue weighted by Gasteiger charge is -2.11. The minimum absolute atomic E-state index is 0.106. The minimum atomic E-state index is -0.617. The molecule has 9 heteroatoms. The third kappa shape index (κ3) is 9.58. The van der Waals surface area contributed by atoms with Crippen molar-refractivity contribution in [2.75, 3.05) is 13.2 Å². The van der Waals surface area contributed by atoms with Gasteiger partial charge in [0, 0.05) is 12.1 Å². The third-order valence-corrected chi connectivity index (χ3v) is 7.24. The van der Waals surface area contributed by atoms with E-state index in [-0.39, 0.29) is 39.3 Å². The Bertz CT molecular complexity index is 1360. The van der Waals surface area contributed by atoms with E-state index in [1.165, 1.54) is 43.5 Å². The quantitative estimate of drug-likeness (QED) is 0.0534. The van der Waals surface area contributed by atoms with Crippen molar-refractivity contribution in [1.29, 1.82) is 0 Å². The van der Waals surface area contributed by atoms with Crippen molar-refractivity contribution in [2.24, 2.45) is 5.92 Å². The molecule has 1 unspecified atom stereocenters. The first-order chi connectivity index (χ1) is 20.2. The molecule has 224 valence electrons. The summed E-state index contributed by atoms with van der Waals surface area (Å²) in [7, 11) is 0. The predicted molar refractivity (Wildman–Crippen MR) is 164 cm³/mol. The standard InChI is InChI=1S/C33H38ClNO7/c1-4-6-7-8-9-10-19-40-31-18-15-26(20-30(31)35(38)39)24-11-13-25(14-12-24)32(36)42-27-16-17-28(29(34)21-27)33(37)41-22-23(3)5-2/h11-18,20-21,23H,4-10,19,22H2,1-3H3. The number of ether oxygens (including phenoxy) is 3. The lowest BCUT2D eigenvalue weighted by molar-refractivity contribution is -0.385. The second kappa shape index (κ2) is 16.5. The monoisotopic (exact) mass is 595 g/mol. The molecule has 0 amide bonds. The summed E-state index contributed by atoms with van der Waals surface area (Å²) in [5.41, 5.74) is 1.68. The molecule has 3 rings (SSSR count). The molecule has 3 aromatic carbocycles. The molecule has 0 N–H and O–H groups in total. The number of nitro groups is 1. The summed E-state index contributed by atoms with van der Waals surface area (Å²) in [6, 6.07) is 15.7. The van der Waals surface area contributed by atoms with Gasteiger partial charge in [-0.3, -0.25) is 10.1 Å². The molecule has 8 nitrogen and oxygen atoms in total. The molecule has 0 aliphatic rings. The summed E-state index contributed by atoms with van der Waals surface area (Å²) in [4.78, 5) is 36.3. The largest absolute Gasteiger partial charge is 0.487 e. The van der Waals surface area contributed by atoms with Crippen LogP contribution in [0.25, 0.3) is 11.1 Å². The molecule has 0 saturated heterocycles. The average molecular weight is 596 g/mol. The number of carbonyl (C=O) groups excluding carboxylic acids is 2. The molecule has 0 heterocycles. The summed E-state index contributed by atoms with van der Waals surface area (Å²) < 4.78 is 16.4. The van der Waals surface area contributed by atoms with Crippen LogP contribution in [0.3, 0.4) is 0 Å². The molecule has 0 aliphatic carbocycles. The first-order valence-corrected chi connectivity index (χ1v) is 14.8. The van der Waals surface area contributed by atoms with E-state index < -0.39 is 16.9 Å². The van der Waals surface area contributed by atoms with Crippen LogP contribution in [0.4, 0.5) is 5.69 Å². The first-order valence-electron chi connectivity index (χ1n) is 14.4. The van der Waals surface area contributed by atoms with E-state index >= 15 is 0 Å². The fraction of sp³-hybridized carbons (Fsp3) is 0.394. The molecule has 42 heavy (non-hydrogen) atoms. The molecular formula is C33H38ClNO7. The molecule has 0 fully saturated rings. The minimum Gasteiger partial charge on any atom is -0.487 e. The summed E-state index contributed by atoms with van der Waals surface area (Å²) in [6.07, 6.45) is 7.50. The topological polar surface area (TPSA) is 105 Å². The third-order valence-electron chi connectivity index (χ3n) is 6.93. The number of halogens is 1. The molecule has 3 aromatic rings. The van der Waals surface area contributed by atoms with Gasteiger partial charge in [-0.1, -0.05) is 89.1 Å². The highest BCUT2D eigenvalue weighted by Gasteiger charge is 2.18. The van der Waals surface area contributed by atoms with Crippen LogP contribution in [0.15, 0.2) is 60.7 Å². The molecule has 0 spiro atoms. The van der Waals surface area contributed by atoms with Gasteiger partial charge in [0.15, 0.2) is 5.75 Å². The second-order valence-electron chi connectivity index (χ2n) is 10.3. The van der Waals surface area contributed by atoms with Gasteiger partial charge in [-0.05, 0) is 53.8 Å². The van der Waals surface area contributed by atoms with Crippen molar-refractivity contribution in [1.82, 2.24) is 0 Å². The number of carbonyl (C=O) groups is 2. The highest BCUT2D eigenvalue weighted by molar-refractivity contribution is 6.33. The van der Waals surface area contributed by atoms with Crippen molar-refractivity contribution in [3.63, 3.8) is 0 Å². The van der Waals surface area contributed by atoms with Crippen LogP contribution < -0.4 is 9.47 Å². The Morgan fingerprint density at radius 3 is 2.24 bits per heavy atom. The van der Waals surface area contributed by atoms with Crippen molar-refractivity contribution < 1.29 is 28.7 Å². The van der Waals surface area contributed by atoms with E-state index in [4.69, 9.17) is 25.8 Å². The Kier molecular flexibility index (Phi) is 12.8. The van der Waals surface area contributed by atoms with Gasteiger partial charge in [-0.15, -0.1) is 0 Å². The zero-order valence-corrected chi connectivity index (χ0v) is 25.2. The second-order valence-corrected chi connectivity index (χ2v) is 10.7. The van der Waals surface area contributed by atoms with Gasteiger partial charge in [0.1, 0.15) is 5.75 Å². The number of hydrogen-bond donors (Lipinski definition) is 0. The number of rotatable bonds is 16. The average Bonchev–Trinajstić information content (AvgIpc) is 2.99. The molecular weight excluding hydrogens is 558 g/mol. The summed E-state index contributed by atoms with van der Waals surface area (Å²) in [6.45, 7) is 6.89. The summed E-state index contributed by atoms with van der Waals surface area (Å²) in [5.74, 6) is -0.492. The van der Waals surface area contributed by atoms with Crippen molar-refractivity contribution in [3.8, 4) is 22.6 Å². The fourth-order valence-corrected chi connectivity index (χ4v) is 4.38. The van der Waals surface area contributed by atoms with Crippen LogP contribution in [-0.4, -0.2) is 30.1 Å². The Morgan fingerprint density at radius 1 is 0.881 bits per heavy atom. The van der Waals surface area contributed by atoms with E-state index in [9.17, 15) is 19.7 Å². The Labute approximate surface area is 252 Å². The number of hydrogen-bond acceptors (Lipinski definition) is 7. The van der Waals surface area contributed by atoms with E-state index in [0.29, 0.717) is 24.3 Å². The zero-order valence-electron chi connectivity index (χ0n) is 24.4. The lowest BCUT2D eigenvalue weighted by atomic mass is 10.0. The number of nitrogens with zero attached hydrogens (tertiary/aromatic N) is 1. The van der Waals surface area contributed by atoms with Crippen molar-refractivity contribution in [3.05, 3.63) is 86.9 Å². The Hall–Kier alpha value is -3.91. The van der Waals surface area contributed by atoms with E-state index in [0.717, 1.165) is 25.7 Å². The molecule has 0 saturated carbocycles. The van der Waals surface area contributed by atoms with Gasteiger partial charge in [0.05, 0.1) is 34.3 Å². The maximum absolute atomic E-state index is 12.7. The number of nitro benzene ring substituents is 1. The van der Waals surface area contributed by atoms with E-state index in [2.05, 4.69) is 6.92 Å².